The molecule has 0 bridgehead atoms. The zero-order valence-electron chi connectivity index (χ0n) is 19.3. The van der Waals surface area contributed by atoms with E-state index >= 15 is 0 Å². The van der Waals surface area contributed by atoms with Crippen molar-refractivity contribution in [2.75, 3.05) is 10.6 Å². The quantitative estimate of drug-likeness (QED) is 0.303. The highest BCUT2D eigenvalue weighted by Gasteiger charge is 2.17. The summed E-state index contributed by atoms with van der Waals surface area (Å²) < 4.78 is 5.83. The van der Waals surface area contributed by atoms with Gasteiger partial charge in [-0.1, -0.05) is 36.4 Å². The van der Waals surface area contributed by atoms with Gasteiger partial charge in [0.1, 0.15) is 11.5 Å². The molecule has 1 amide bonds. The van der Waals surface area contributed by atoms with Crippen LogP contribution in [0.15, 0.2) is 95.8 Å². The average Bonchev–Trinajstić information content (AvgIpc) is 3.29. The number of nitrogens with one attached hydrogen (secondary N) is 2. The van der Waals surface area contributed by atoms with Gasteiger partial charge >= 0.3 is 0 Å². The predicted octanol–water partition coefficient (Wildman–Crippen LogP) is 6.41. The van der Waals surface area contributed by atoms with E-state index in [4.69, 9.17) is 4.42 Å². The van der Waals surface area contributed by atoms with Crippen molar-refractivity contribution in [1.82, 2.24) is 15.0 Å². The molecule has 0 radical (unpaired) electrons. The number of rotatable bonds is 6. The third-order valence-electron chi connectivity index (χ3n) is 5.58. The van der Waals surface area contributed by atoms with Crippen LogP contribution in [0.1, 0.15) is 21.7 Å². The van der Waals surface area contributed by atoms with Crippen LogP contribution >= 0.6 is 0 Å². The molecule has 7 heteroatoms. The minimum absolute atomic E-state index is 0.238. The molecule has 7 nitrogen and oxygen atoms in total. The maximum Gasteiger partial charge on any atom is 0.259 e. The van der Waals surface area contributed by atoms with Gasteiger partial charge in [0.05, 0.1) is 11.3 Å². The van der Waals surface area contributed by atoms with Crippen molar-refractivity contribution in [2.45, 2.75) is 13.8 Å². The maximum atomic E-state index is 13.0. The molecule has 0 aliphatic carbocycles. The summed E-state index contributed by atoms with van der Waals surface area (Å²) in [6.07, 6.45) is 5.18. The van der Waals surface area contributed by atoms with Gasteiger partial charge in [0.25, 0.3) is 5.91 Å². The Morgan fingerprint density at radius 1 is 0.886 bits per heavy atom. The molecule has 0 fully saturated rings. The molecule has 172 valence electrons. The van der Waals surface area contributed by atoms with Gasteiger partial charge in [0.2, 0.25) is 5.95 Å². The van der Waals surface area contributed by atoms with E-state index in [-0.39, 0.29) is 5.91 Å². The highest BCUT2D eigenvalue weighted by molar-refractivity contribution is 6.05. The second-order valence-electron chi connectivity index (χ2n) is 8.06. The number of anilines is 3. The highest BCUT2D eigenvalue weighted by atomic mass is 16.3. The number of aromatic nitrogens is 3. The van der Waals surface area contributed by atoms with Crippen LogP contribution < -0.4 is 10.6 Å². The minimum Gasteiger partial charge on any atom is -0.461 e. The summed E-state index contributed by atoms with van der Waals surface area (Å²) >= 11 is 0. The number of pyridine rings is 1. The predicted molar refractivity (Wildman–Crippen MR) is 137 cm³/mol. The van der Waals surface area contributed by atoms with Crippen LogP contribution in [-0.2, 0) is 0 Å². The van der Waals surface area contributed by atoms with Gasteiger partial charge < -0.3 is 15.1 Å². The van der Waals surface area contributed by atoms with Crippen molar-refractivity contribution >= 4 is 23.2 Å². The lowest BCUT2D eigenvalue weighted by Crippen LogP contribution is -2.12. The second-order valence-corrected chi connectivity index (χ2v) is 8.06. The number of carbonyl (C=O) groups excluding carboxylic acids is 1. The number of amides is 1. The summed E-state index contributed by atoms with van der Waals surface area (Å²) in [5.41, 5.74) is 5.51. The van der Waals surface area contributed by atoms with E-state index in [9.17, 15) is 4.79 Å². The van der Waals surface area contributed by atoms with Crippen LogP contribution in [0.5, 0.6) is 0 Å². The molecule has 3 heterocycles. The largest absolute Gasteiger partial charge is 0.461 e. The summed E-state index contributed by atoms with van der Waals surface area (Å²) in [6.45, 7) is 3.77. The molecule has 2 aromatic carbocycles. The summed E-state index contributed by atoms with van der Waals surface area (Å²) in [6, 6.07) is 22.8. The molecular weight excluding hydrogens is 438 g/mol. The number of hydrogen-bond donors (Lipinski definition) is 2. The summed E-state index contributed by atoms with van der Waals surface area (Å²) in [4.78, 5) is 26.1. The number of carbonyl (C=O) groups is 1. The van der Waals surface area contributed by atoms with Crippen LogP contribution in [0.25, 0.3) is 22.6 Å². The molecule has 5 aromatic rings. The van der Waals surface area contributed by atoms with Crippen LogP contribution in [0.3, 0.4) is 0 Å². The number of furan rings is 1. The van der Waals surface area contributed by atoms with Crippen molar-refractivity contribution < 1.29 is 9.21 Å². The number of hydrogen-bond acceptors (Lipinski definition) is 6. The Bertz CT molecular complexity index is 1480. The van der Waals surface area contributed by atoms with Gasteiger partial charge in [-0.05, 0) is 55.8 Å². The van der Waals surface area contributed by atoms with Gasteiger partial charge in [-0.25, -0.2) is 9.97 Å². The number of nitrogens with zero attached hydrogens (tertiary/aromatic N) is 3. The minimum atomic E-state index is -0.238. The Kier molecular flexibility index (Phi) is 6.05. The summed E-state index contributed by atoms with van der Waals surface area (Å²) in [5, 5.41) is 6.23. The standard InChI is InChI=1S/C28H23N5O2/c1-18-10-11-22(31-27(34)23-16-26(35-19(23)2)20-7-4-3-5-8-20)15-25(18)33-28-30-14-12-24(32-28)21-9-6-13-29-17-21/h3-17H,1-2H3,(H,31,34)(H,30,32,33). The van der Waals surface area contributed by atoms with E-state index in [0.717, 1.165) is 28.1 Å². The Morgan fingerprint density at radius 3 is 2.51 bits per heavy atom. The summed E-state index contributed by atoms with van der Waals surface area (Å²) in [7, 11) is 0. The third-order valence-corrected chi connectivity index (χ3v) is 5.58. The first-order chi connectivity index (χ1) is 17.1. The molecule has 0 aliphatic heterocycles. The maximum absolute atomic E-state index is 13.0. The zero-order valence-corrected chi connectivity index (χ0v) is 19.3. The highest BCUT2D eigenvalue weighted by Crippen LogP contribution is 2.28. The van der Waals surface area contributed by atoms with E-state index in [0.29, 0.717) is 28.7 Å². The van der Waals surface area contributed by atoms with Crippen molar-refractivity contribution in [1.29, 1.82) is 0 Å². The van der Waals surface area contributed by atoms with E-state index < -0.39 is 0 Å². The van der Waals surface area contributed by atoms with Crippen molar-refractivity contribution in [3.05, 3.63) is 108 Å². The monoisotopic (exact) mass is 461 g/mol. The van der Waals surface area contributed by atoms with E-state index in [1.807, 2.05) is 73.7 Å². The van der Waals surface area contributed by atoms with E-state index in [2.05, 4.69) is 25.6 Å². The van der Waals surface area contributed by atoms with E-state index in [1.54, 1.807) is 31.6 Å². The van der Waals surface area contributed by atoms with Gasteiger partial charge in [-0.3, -0.25) is 9.78 Å². The Balaban J connectivity index is 1.35. The Hall–Kier alpha value is -4.78. The topological polar surface area (TPSA) is 92.9 Å². The first-order valence-electron chi connectivity index (χ1n) is 11.1. The number of aryl methyl sites for hydroxylation is 2. The normalized spacial score (nSPS) is 10.7. The smallest absolute Gasteiger partial charge is 0.259 e. The van der Waals surface area contributed by atoms with Gasteiger partial charge in [-0.2, -0.15) is 0 Å². The first-order valence-corrected chi connectivity index (χ1v) is 11.1. The van der Waals surface area contributed by atoms with Crippen LogP contribution in [-0.4, -0.2) is 20.9 Å². The lowest BCUT2D eigenvalue weighted by molar-refractivity contribution is 0.102. The molecule has 3 aromatic heterocycles. The van der Waals surface area contributed by atoms with Gasteiger partial charge in [0, 0.05) is 41.1 Å². The van der Waals surface area contributed by atoms with Crippen LogP contribution in [0.4, 0.5) is 17.3 Å². The van der Waals surface area contributed by atoms with Gasteiger partial charge in [-0.15, -0.1) is 0 Å². The Labute approximate surface area is 202 Å². The molecule has 0 spiro atoms. The van der Waals surface area contributed by atoms with Crippen molar-refractivity contribution in [2.24, 2.45) is 0 Å². The fourth-order valence-electron chi connectivity index (χ4n) is 3.70. The van der Waals surface area contributed by atoms with Crippen molar-refractivity contribution in [3.8, 4) is 22.6 Å². The molecule has 35 heavy (non-hydrogen) atoms. The second kappa shape index (κ2) is 9.61. The fourth-order valence-corrected chi connectivity index (χ4v) is 3.70. The lowest BCUT2D eigenvalue weighted by atomic mass is 10.1. The third kappa shape index (κ3) is 4.94. The molecule has 0 saturated heterocycles. The SMILES string of the molecule is Cc1ccc(NC(=O)c2cc(-c3ccccc3)oc2C)cc1Nc1nccc(-c2cccnc2)n1. The zero-order chi connectivity index (χ0) is 24.2. The number of benzene rings is 2. The lowest BCUT2D eigenvalue weighted by Gasteiger charge is -2.12. The first kappa shape index (κ1) is 22.0. The molecule has 0 atom stereocenters. The van der Waals surface area contributed by atoms with Crippen LogP contribution in [0, 0.1) is 13.8 Å². The Morgan fingerprint density at radius 2 is 1.71 bits per heavy atom. The van der Waals surface area contributed by atoms with Crippen LogP contribution in [0.2, 0.25) is 0 Å². The summed E-state index contributed by atoms with van der Waals surface area (Å²) in [5.74, 6) is 1.44. The molecule has 0 aliphatic rings. The van der Waals surface area contributed by atoms with E-state index in [1.165, 1.54) is 0 Å². The van der Waals surface area contributed by atoms with Crippen molar-refractivity contribution in [3.63, 3.8) is 0 Å². The molecule has 0 saturated carbocycles. The van der Waals surface area contributed by atoms with Gasteiger partial charge in [0.15, 0.2) is 0 Å². The fraction of sp³-hybridized carbons (Fsp3) is 0.0714. The average molecular weight is 462 g/mol. The molecular formula is C28H23N5O2. The molecule has 2 N–H and O–H groups in total. The molecule has 0 unspecified atom stereocenters. The molecule has 5 rings (SSSR count).